The Morgan fingerprint density at radius 3 is 2.06 bits per heavy atom. The van der Waals surface area contributed by atoms with Crippen molar-refractivity contribution in [2.45, 2.75) is 45.6 Å². The number of aryl methyl sites for hydroxylation is 2. The van der Waals surface area contributed by atoms with Crippen LogP contribution in [-0.4, -0.2) is 30.2 Å². The molecular weight excluding hydrogens is 426 g/mol. The predicted octanol–water partition coefficient (Wildman–Crippen LogP) is 5.21. The van der Waals surface area contributed by atoms with Crippen LogP contribution in [-0.2, 0) is 11.0 Å². The van der Waals surface area contributed by atoms with Crippen LogP contribution in [0.15, 0.2) is 65.4 Å². The Morgan fingerprint density at radius 1 is 0.912 bits per heavy atom. The summed E-state index contributed by atoms with van der Waals surface area (Å²) in [5, 5.41) is 16.6. The highest BCUT2D eigenvalue weighted by Gasteiger charge is 2.40. The summed E-state index contributed by atoms with van der Waals surface area (Å²) in [5.74, 6) is 1.53. The molecule has 0 saturated heterocycles. The Kier molecular flexibility index (Phi) is 5.10. The van der Waals surface area contributed by atoms with Gasteiger partial charge in [0.15, 0.2) is 5.60 Å². The van der Waals surface area contributed by atoms with Gasteiger partial charge >= 0.3 is 0 Å². The number of H-pyrrole nitrogens is 1. The summed E-state index contributed by atoms with van der Waals surface area (Å²) < 4.78 is 5.45. The summed E-state index contributed by atoms with van der Waals surface area (Å²) in [4.78, 5) is 17.5. The number of rotatable bonds is 4. The molecule has 0 fully saturated rings. The normalized spacial score (nSPS) is 12.4. The molecule has 0 atom stereocenters. The zero-order valence-electron chi connectivity index (χ0n) is 19.9. The minimum atomic E-state index is -1.64. The molecule has 0 bridgehead atoms. The van der Waals surface area contributed by atoms with Crippen molar-refractivity contribution in [1.82, 2.24) is 25.1 Å². The van der Waals surface area contributed by atoms with E-state index in [-0.39, 0.29) is 5.41 Å². The van der Waals surface area contributed by atoms with E-state index in [1.54, 1.807) is 24.5 Å². The molecule has 7 heteroatoms. The molecule has 0 spiro atoms. The van der Waals surface area contributed by atoms with Crippen LogP contribution in [0.5, 0.6) is 0 Å². The van der Waals surface area contributed by atoms with Gasteiger partial charge in [-0.2, -0.15) is 0 Å². The van der Waals surface area contributed by atoms with Gasteiger partial charge in [-0.05, 0) is 55.8 Å². The van der Waals surface area contributed by atoms with Gasteiger partial charge in [0.2, 0.25) is 0 Å². The number of hydrogen-bond donors (Lipinski definition) is 2. The van der Waals surface area contributed by atoms with Gasteiger partial charge in [0, 0.05) is 28.9 Å². The van der Waals surface area contributed by atoms with E-state index in [9.17, 15) is 5.11 Å². The standard InChI is InChI=1S/C27H27N5O2/c1-16-23(17(2)34-32-16)18-14-19(24-20(15-18)30-25(31-24)26(3,4)5)27(33,21-10-6-8-12-28-21)22-11-7-9-13-29-22/h6-15,33H,1-5H3,(H,30,31). The first-order valence-corrected chi connectivity index (χ1v) is 11.2. The summed E-state index contributed by atoms with van der Waals surface area (Å²) in [6, 6.07) is 15.0. The number of pyridine rings is 2. The van der Waals surface area contributed by atoms with E-state index in [2.05, 4.69) is 40.9 Å². The van der Waals surface area contributed by atoms with Crippen molar-refractivity contribution >= 4 is 11.0 Å². The van der Waals surface area contributed by atoms with Crippen LogP contribution in [0.2, 0.25) is 0 Å². The number of aliphatic hydroxyl groups is 1. The van der Waals surface area contributed by atoms with Gasteiger partial charge in [-0.15, -0.1) is 0 Å². The molecule has 4 aromatic heterocycles. The van der Waals surface area contributed by atoms with E-state index >= 15 is 0 Å². The van der Waals surface area contributed by atoms with Crippen LogP contribution in [0.4, 0.5) is 0 Å². The molecule has 2 N–H and O–H groups in total. The Bertz CT molecular complexity index is 1400. The quantitative estimate of drug-likeness (QED) is 0.388. The topological polar surface area (TPSA) is 101 Å². The third kappa shape index (κ3) is 3.49. The van der Waals surface area contributed by atoms with Crippen LogP contribution in [0, 0.1) is 13.8 Å². The third-order valence-electron chi connectivity index (χ3n) is 6.08. The monoisotopic (exact) mass is 453 g/mol. The van der Waals surface area contributed by atoms with Gasteiger partial charge in [-0.1, -0.05) is 38.1 Å². The molecule has 34 heavy (non-hydrogen) atoms. The van der Waals surface area contributed by atoms with E-state index in [4.69, 9.17) is 9.51 Å². The maximum absolute atomic E-state index is 12.5. The molecule has 0 aliphatic carbocycles. The molecule has 4 heterocycles. The van der Waals surface area contributed by atoms with E-state index < -0.39 is 5.60 Å². The second-order valence-electron chi connectivity index (χ2n) is 9.59. The van der Waals surface area contributed by atoms with Crippen LogP contribution >= 0.6 is 0 Å². The third-order valence-corrected chi connectivity index (χ3v) is 6.08. The molecule has 0 saturated carbocycles. The zero-order chi connectivity index (χ0) is 24.1. The lowest BCUT2D eigenvalue weighted by Crippen LogP contribution is -2.31. The number of fused-ring (bicyclic) bond motifs is 1. The lowest BCUT2D eigenvalue weighted by molar-refractivity contribution is 0.117. The van der Waals surface area contributed by atoms with Crippen molar-refractivity contribution in [1.29, 1.82) is 0 Å². The number of aromatic nitrogens is 5. The van der Waals surface area contributed by atoms with Gasteiger partial charge in [-0.3, -0.25) is 9.97 Å². The lowest BCUT2D eigenvalue weighted by Gasteiger charge is -2.28. The van der Waals surface area contributed by atoms with Crippen LogP contribution < -0.4 is 0 Å². The molecule has 172 valence electrons. The molecule has 0 radical (unpaired) electrons. The van der Waals surface area contributed by atoms with E-state index in [0.717, 1.165) is 28.2 Å². The fourth-order valence-corrected chi connectivity index (χ4v) is 4.35. The second kappa shape index (κ2) is 7.88. The van der Waals surface area contributed by atoms with E-state index in [1.165, 1.54) is 0 Å². The summed E-state index contributed by atoms with van der Waals surface area (Å²) in [6.45, 7) is 10.1. The Balaban J connectivity index is 1.91. The predicted molar refractivity (Wildman–Crippen MR) is 130 cm³/mol. The molecule has 5 aromatic rings. The molecule has 0 aliphatic rings. The molecular formula is C27H27N5O2. The smallest absolute Gasteiger partial charge is 0.176 e. The van der Waals surface area contributed by atoms with Crippen molar-refractivity contribution in [2.24, 2.45) is 0 Å². The van der Waals surface area contributed by atoms with Gasteiger partial charge in [0.1, 0.15) is 11.6 Å². The van der Waals surface area contributed by atoms with Crippen molar-refractivity contribution in [2.75, 3.05) is 0 Å². The number of nitrogens with one attached hydrogen (secondary N) is 1. The van der Waals surface area contributed by atoms with Gasteiger partial charge in [0.05, 0.1) is 28.1 Å². The average Bonchev–Trinajstić information content (AvgIpc) is 3.42. The number of nitrogens with zero attached hydrogens (tertiary/aromatic N) is 4. The van der Waals surface area contributed by atoms with Crippen molar-refractivity contribution < 1.29 is 9.63 Å². The van der Waals surface area contributed by atoms with Gasteiger partial charge in [0.25, 0.3) is 0 Å². The van der Waals surface area contributed by atoms with Crippen molar-refractivity contribution in [3.8, 4) is 11.1 Å². The highest BCUT2D eigenvalue weighted by Crippen LogP contribution is 2.41. The van der Waals surface area contributed by atoms with Crippen LogP contribution in [0.25, 0.3) is 22.2 Å². The van der Waals surface area contributed by atoms with E-state index in [0.29, 0.717) is 28.2 Å². The maximum Gasteiger partial charge on any atom is 0.176 e. The Labute approximate surface area is 197 Å². The maximum atomic E-state index is 12.5. The van der Waals surface area contributed by atoms with Crippen LogP contribution in [0.3, 0.4) is 0 Å². The number of benzene rings is 1. The van der Waals surface area contributed by atoms with Gasteiger partial charge < -0.3 is 14.6 Å². The molecule has 7 nitrogen and oxygen atoms in total. The first-order chi connectivity index (χ1) is 16.2. The number of aromatic amines is 1. The summed E-state index contributed by atoms with van der Waals surface area (Å²) >= 11 is 0. The lowest BCUT2D eigenvalue weighted by atomic mass is 9.83. The molecule has 0 aliphatic heterocycles. The minimum absolute atomic E-state index is 0.215. The van der Waals surface area contributed by atoms with Crippen molar-refractivity contribution in [3.05, 3.63) is 95.2 Å². The zero-order valence-corrected chi connectivity index (χ0v) is 19.9. The molecule has 5 rings (SSSR count). The first-order valence-electron chi connectivity index (χ1n) is 11.2. The highest BCUT2D eigenvalue weighted by molar-refractivity contribution is 5.88. The molecule has 1 aromatic carbocycles. The summed E-state index contributed by atoms with van der Waals surface area (Å²) in [6.07, 6.45) is 3.34. The number of hydrogen-bond acceptors (Lipinski definition) is 6. The molecule has 0 amide bonds. The SMILES string of the molecule is Cc1noc(C)c1-c1cc(C(O)(c2ccccn2)c2ccccn2)c2nc(C(C)(C)C)[nH]c2c1. The fourth-order valence-electron chi connectivity index (χ4n) is 4.35. The molecule has 0 unspecified atom stereocenters. The fraction of sp³-hybridized carbons (Fsp3) is 0.259. The summed E-state index contributed by atoms with van der Waals surface area (Å²) in [5.41, 5.74) is 3.67. The minimum Gasteiger partial charge on any atom is -0.373 e. The largest absolute Gasteiger partial charge is 0.373 e. The number of imidazole rings is 1. The highest BCUT2D eigenvalue weighted by atomic mass is 16.5. The Hall–Kier alpha value is -3.84. The average molecular weight is 454 g/mol. The van der Waals surface area contributed by atoms with Gasteiger partial charge in [-0.25, -0.2) is 4.98 Å². The first kappa shape index (κ1) is 22.0. The summed E-state index contributed by atoms with van der Waals surface area (Å²) in [7, 11) is 0. The van der Waals surface area contributed by atoms with Crippen molar-refractivity contribution in [3.63, 3.8) is 0 Å². The Morgan fingerprint density at radius 2 is 1.56 bits per heavy atom. The van der Waals surface area contributed by atoms with E-state index in [1.807, 2.05) is 50.2 Å². The van der Waals surface area contributed by atoms with Crippen LogP contribution in [0.1, 0.15) is 55.0 Å². The second-order valence-corrected chi connectivity index (χ2v) is 9.59.